The largest absolute Gasteiger partial charge is 0.361 e. The number of pyridine rings is 1. The van der Waals surface area contributed by atoms with E-state index in [1.54, 1.807) is 18.3 Å². The van der Waals surface area contributed by atoms with Crippen LogP contribution in [0.1, 0.15) is 27.4 Å². The summed E-state index contributed by atoms with van der Waals surface area (Å²) in [7, 11) is 0. The van der Waals surface area contributed by atoms with Gasteiger partial charge in [-0.3, -0.25) is 4.79 Å². The van der Waals surface area contributed by atoms with Crippen LogP contribution in [0.2, 0.25) is 0 Å². The molecule has 0 fully saturated rings. The first kappa shape index (κ1) is 18.3. The molecule has 0 unspecified atom stereocenters. The number of nitrogens with zero attached hydrogens (tertiary/aromatic N) is 2. The number of nitrogens with one attached hydrogen (secondary N) is 1. The van der Waals surface area contributed by atoms with Gasteiger partial charge in [-0.2, -0.15) is 0 Å². The number of benzene rings is 2. The zero-order valence-electron chi connectivity index (χ0n) is 15.4. The Hall–Kier alpha value is -3.12. The molecule has 6 heteroatoms. The third kappa shape index (κ3) is 4.07. The highest BCUT2D eigenvalue weighted by Crippen LogP contribution is 2.24. The summed E-state index contributed by atoms with van der Waals surface area (Å²) in [6, 6.07) is 19.7. The summed E-state index contributed by atoms with van der Waals surface area (Å²) in [5.74, 6) is 1.22. The molecule has 2 aromatic carbocycles. The molecule has 4 aromatic rings. The number of thioether (sulfide) groups is 1. The second-order valence-corrected chi connectivity index (χ2v) is 7.36. The Bertz CT molecular complexity index is 1120. The van der Waals surface area contributed by atoms with Crippen molar-refractivity contribution in [3.05, 3.63) is 89.4 Å². The summed E-state index contributed by atoms with van der Waals surface area (Å²) < 4.78 is 5.09. The van der Waals surface area contributed by atoms with Gasteiger partial charge in [-0.25, -0.2) is 4.98 Å². The van der Waals surface area contributed by atoms with E-state index >= 15 is 0 Å². The van der Waals surface area contributed by atoms with E-state index in [-0.39, 0.29) is 5.91 Å². The Morgan fingerprint density at radius 2 is 1.96 bits per heavy atom. The van der Waals surface area contributed by atoms with Crippen molar-refractivity contribution in [1.29, 1.82) is 0 Å². The molecule has 0 radical (unpaired) electrons. The molecule has 0 saturated carbocycles. The lowest BCUT2D eigenvalue weighted by molar-refractivity contribution is 0.0947. The van der Waals surface area contributed by atoms with Crippen LogP contribution >= 0.6 is 11.8 Å². The lowest BCUT2D eigenvalue weighted by Gasteiger charge is -2.10. The molecule has 1 amide bonds. The third-order valence-electron chi connectivity index (χ3n) is 4.37. The molecule has 0 aliphatic heterocycles. The normalized spacial score (nSPS) is 10.9. The van der Waals surface area contributed by atoms with Crippen LogP contribution in [0.25, 0.3) is 10.8 Å². The highest BCUT2D eigenvalue weighted by molar-refractivity contribution is 7.98. The highest BCUT2D eigenvalue weighted by atomic mass is 32.2. The number of rotatable bonds is 6. The van der Waals surface area contributed by atoms with E-state index in [4.69, 9.17) is 4.52 Å². The van der Waals surface area contributed by atoms with Crippen LogP contribution < -0.4 is 5.32 Å². The first-order valence-corrected chi connectivity index (χ1v) is 9.94. The average Bonchev–Trinajstić information content (AvgIpc) is 3.16. The molecule has 4 rings (SSSR count). The fourth-order valence-corrected chi connectivity index (χ4v) is 3.90. The van der Waals surface area contributed by atoms with E-state index in [1.165, 1.54) is 11.8 Å². The SMILES string of the molecule is Cc1cc(CSc2ncccc2C(=O)NCc2cccc3ccccc23)no1. The fraction of sp³-hybridized carbons (Fsp3) is 0.136. The van der Waals surface area contributed by atoms with Gasteiger partial charge in [0.15, 0.2) is 0 Å². The smallest absolute Gasteiger partial charge is 0.254 e. The minimum Gasteiger partial charge on any atom is -0.361 e. The predicted molar refractivity (Wildman–Crippen MR) is 110 cm³/mol. The molecule has 5 nitrogen and oxygen atoms in total. The Balaban J connectivity index is 1.47. The van der Waals surface area contributed by atoms with Crippen molar-refractivity contribution < 1.29 is 9.32 Å². The quantitative estimate of drug-likeness (QED) is 0.482. The van der Waals surface area contributed by atoms with Crippen molar-refractivity contribution in [3.63, 3.8) is 0 Å². The van der Waals surface area contributed by atoms with Gasteiger partial charge < -0.3 is 9.84 Å². The van der Waals surface area contributed by atoms with Crippen LogP contribution in [-0.4, -0.2) is 16.0 Å². The van der Waals surface area contributed by atoms with E-state index in [2.05, 4.69) is 33.7 Å². The molecule has 0 atom stereocenters. The number of aryl methyl sites for hydroxylation is 1. The Morgan fingerprint density at radius 1 is 1.11 bits per heavy atom. The van der Waals surface area contributed by atoms with Gasteiger partial charge in [-0.05, 0) is 35.4 Å². The molecule has 140 valence electrons. The number of fused-ring (bicyclic) bond motifs is 1. The van der Waals surface area contributed by atoms with Crippen LogP contribution in [0.3, 0.4) is 0 Å². The van der Waals surface area contributed by atoms with Crippen LogP contribution in [0.15, 0.2) is 76.4 Å². The Kier molecular flexibility index (Phi) is 5.39. The second-order valence-electron chi connectivity index (χ2n) is 6.39. The van der Waals surface area contributed by atoms with Gasteiger partial charge in [0, 0.05) is 24.6 Å². The summed E-state index contributed by atoms with van der Waals surface area (Å²) >= 11 is 1.47. The summed E-state index contributed by atoms with van der Waals surface area (Å²) in [5.41, 5.74) is 2.48. The lowest BCUT2D eigenvalue weighted by atomic mass is 10.0. The molecule has 0 spiro atoms. The monoisotopic (exact) mass is 389 g/mol. The maximum absolute atomic E-state index is 12.8. The van der Waals surface area contributed by atoms with Crippen molar-refractivity contribution in [2.75, 3.05) is 0 Å². The van der Waals surface area contributed by atoms with Crippen molar-refractivity contribution in [2.24, 2.45) is 0 Å². The maximum Gasteiger partial charge on any atom is 0.254 e. The van der Waals surface area contributed by atoms with E-state index in [1.807, 2.05) is 37.3 Å². The topological polar surface area (TPSA) is 68.0 Å². The molecule has 0 aliphatic rings. The van der Waals surface area contributed by atoms with E-state index in [9.17, 15) is 4.79 Å². The number of carbonyl (C=O) groups excluding carboxylic acids is 1. The summed E-state index contributed by atoms with van der Waals surface area (Å²) in [5, 5.41) is 10.00. The highest BCUT2D eigenvalue weighted by Gasteiger charge is 2.14. The van der Waals surface area contributed by atoms with Crippen molar-refractivity contribution in [3.8, 4) is 0 Å². The summed E-state index contributed by atoms with van der Waals surface area (Å²) in [6.07, 6.45) is 1.69. The van der Waals surface area contributed by atoms with Gasteiger partial charge in [0.1, 0.15) is 10.8 Å². The molecule has 1 N–H and O–H groups in total. The summed E-state index contributed by atoms with van der Waals surface area (Å²) in [4.78, 5) is 17.2. The van der Waals surface area contributed by atoms with Gasteiger partial charge in [0.05, 0.1) is 11.3 Å². The Morgan fingerprint density at radius 3 is 2.82 bits per heavy atom. The number of aromatic nitrogens is 2. The van der Waals surface area contributed by atoms with E-state index in [0.29, 0.717) is 22.9 Å². The summed E-state index contributed by atoms with van der Waals surface area (Å²) in [6.45, 7) is 2.32. The Labute approximate surface area is 167 Å². The molecule has 2 aromatic heterocycles. The number of hydrogen-bond donors (Lipinski definition) is 1. The van der Waals surface area contributed by atoms with Gasteiger partial charge in [0.25, 0.3) is 5.91 Å². The van der Waals surface area contributed by atoms with Gasteiger partial charge >= 0.3 is 0 Å². The zero-order valence-corrected chi connectivity index (χ0v) is 16.2. The second kappa shape index (κ2) is 8.27. The van der Waals surface area contributed by atoms with Crippen molar-refractivity contribution in [2.45, 2.75) is 24.2 Å². The first-order chi connectivity index (χ1) is 13.7. The zero-order chi connectivity index (χ0) is 19.3. The third-order valence-corrected chi connectivity index (χ3v) is 5.41. The van der Waals surface area contributed by atoms with Gasteiger partial charge in [0.2, 0.25) is 0 Å². The van der Waals surface area contributed by atoms with Crippen LogP contribution in [-0.2, 0) is 12.3 Å². The van der Waals surface area contributed by atoms with E-state index < -0.39 is 0 Å². The minimum atomic E-state index is -0.139. The molecule has 0 saturated heterocycles. The molecule has 2 heterocycles. The van der Waals surface area contributed by atoms with E-state index in [0.717, 1.165) is 27.8 Å². The van der Waals surface area contributed by atoms with Crippen LogP contribution in [0.4, 0.5) is 0 Å². The van der Waals surface area contributed by atoms with Crippen LogP contribution in [0, 0.1) is 6.92 Å². The molecule has 0 aliphatic carbocycles. The van der Waals surface area contributed by atoms with Crippen LogP contribution in [0.5, 0.6) is 0 Å². The molecular weight excluding hydrogens is 370 g/mol. The number of carbonyl (C=O) groups is 1. The maximum atomic E-state index is 12.8. The lowest BCUT2D eigenvalue weighted by Crippen LogP contribution is -2.23. The number of amides is 1. The standard InChI is InChI=1S/C22H19N3O2S/c1-15-12-18(25-27-15)14-28-22-20(10-5-11-23-22)21(26)24-13-17-8-4-7-16-6-2-3-9-19(16)17/h2-12H,13-14H2,1H3,(H,24,26). The predicted octanol–water partition coefficient (Wildman–Crippen LogP) is 4.75. The first-order valence-electron chi connectivity index (χ1n) is 8.95. The molecular formula is C22H19N3O2S. The molecule has 28 heavy (non-hydrogen) atoms. The number of hydrogen-bond acceptors (Lipinski definition) is 5. The van der Waals surface area contributed by atoms with Crippen molar-refractivity contribution in [1.82, 2.24) is 15.5 Å². The fourth-order valence-electron chi connectivity index (χ4n) is 3.02. The molecule has 0 bridgehead atoms. The average molecular weight is 389 g/mol. The van der Waals surface area contributed by atoms with Gasteiger partial charge in [-0.1, -0.05) is 59.4 Å². The van der Waals surface area contributed by atoms with Crippen molar-refractivity contribution >= 4 is 28.4 Å². The van der Waals surface area contributed by atoms with Gasteiger partial charge in [-0.15, -0.1) is 0 Å². The minimum absolute atomic E-state index is 0.139.